The van der Waals surface area contributed by atoms with Gasteiger partial charge in [-0.05, 0) is 47.5 Å². The van der Waals surface area contributed by atoms with Gasteiger partial charge >= 0.3 is 0 Å². The van der Waals surface area contributed by atoms with Crippen LogP contribution >= 0.6 is 11.6 Å². The number of nitrogens with one attached hydrogen (secondary N) is 1. The van der Waals surface area contributed by atoms with Crippen LogP contribution in [0.25, 0.3) is 10.8 Å². The van der Waals surface area contributed by atoms with Gasteiger partial charge in [0, 0.05) is 17.3 Å². The molecule has 1 N–H and O–H groups in total. The Morgan fingerprint density at radius 1 is 1.04 bits per heavy atom. The Bertz CT molecular complexity index is 1130. The van der Waals surface area contributed by atoms with Crippen LogP contribution in [0.2, 0.25) is 5.02 Å². The normalized spacial score (nSPS) is 11.7. The fourth-order valence-corrected chi connectivity index (χ4v) is 4.55. The lowest BCUT2D eigenvalue weighted by Gasteiger charge is -2.20. The fourth-order valence-electron chi connectivity index (χ4n) is 2.94. The molecule has 3 rings (SSSR count). The van der Waals surface area contributed by atoms with Gasteiger partial charge in [-0.2, -0.15) is 4.31 Å². The minimum atomic E-state index is -3.80. The van der Waals surface area contributed by atoms with Gasteiger partial charge in [-0.25, -0.2) is 8.42 Å². The van der Waals surface area contributed by atoms with E-state index in [0.717, 1.165) is 20.6 Å². The van der Waals surface area contributed by atoms with Gasteiger partial charge in [0.15, 0.2) is 0 Å². The van der Waals surface area contributed by atoms with E-state index in [1.54, 1.807) is 50.2 Å². The van der Waals surface area contributed by atoms with Crippen LogP contribution in [-0.4, -0.2) is 31.7 Å². The van der Waals surface area contributed by atoms with Crippen LogP contribution in [0.5, 0.6) is 0 Å². The second-order valence-corrected chi connectivity index (χ2v) is 8.75. The number of anilines is 1. The van der Waals surface area contributed by atoms with E-state index < -0.39 is 15.9 Å². The molecule has 146 valence electrons. The highest BCUT2D eigenvalue weighted by Gasteiger charge is 2.25. The molecule has 3 aromatic rings. The zero-order valence-electron chi connectivity index (χ0n) is 15.6. The Hall–Kier alpha value is -2.41. The highest BCUT2D eigenvalue weighted by atomic mass is 35.5. The van der Waals surface area contributed by atoms with Crippen molar-refractivity contribution in [1.29, 1.82) is 0 Å². The van der Waals surface area contributed by atoms with Gasteiger partial charge in [0.2, 0.25) is 15.9 Å². The number of benzene rings is 3. The summed E-state index contributed by atoms with van der Waals surface area (Å²) in [5, 5.41) is 5.06. The molecule has 5 nitrogen and oxygen atoms in total. The molecule has 0 aliphatic rings. The SMILES string of the molecule is CCN(CC(=O)Nc1cccc(Cl)c1C)S(=O)(=O)c1ccc2ccccc2c1. The van der Waals surface area contributed by atoms with Gasteiger partial charge in [0.1, 0.15) is 0 Å². The average molecular weight is 417 g/mol. The van der Waals surface area contributed by atoms with Crippen LogP contribution in [0.3, 0.4) is 0 Å². The number of hydrogen-bond donors (Lipinski definition) is 1. The van der Waals surface area contributed by atoms with E-state index in [1.807, 2.05) is 24.3 Å². The summed E-state index contributed by atoms with van der Waals surface area (Å²) in [6.07, 6.45) is 0. The lowest BCUT2D eigenvalue weighted by molar-refractivity contribution is -0.116. The summed E-state index contributed by atoms with van der Waals surface area (Å²) in [6.45, 7) is 3.40. The van der Waals surface area contributed by atoms with Crippen molar-refractivity contribution in [3.63, 3.8) is 0 Å². The first kappa shape index (κ1) is 20.3. The first-order chi connectivity index (χ1) is 13.3. The lowest BCUT2D eigenvalue weighted by atomic mass is 10.1. The number of amides is 1. The van der Waals surface area contributed by atoms with Gasteiger partial charge in [0.05, 0.1) is 11.4 Å². The molecule has 0 bridgehead atoms. The number of carbonyl (C=O) groups excluding carboxylic acids is 1. The third-order valence-electron chi connectivity index (χ3n) is 4.57. The van der Waals surface area contributed by atoms with Gasteiger partial charge in [-0.15, -0.1) is 0 Å². The van der Waals surface area contributed by atoms with E-state index in [9.17, 15) is 13.2 Å². The van der Waals surface area contributed by atoms with E-state index in [-0.39, 0.29) is 18.0 Å². The van der Waals surface area contributed by atoms with Crippen molar-refractivity contribution in [2.24, 2.45) is 0 Å². The summed E-state index contributed by atoms with van der Waals surface area (Å²) >= 11 is 6.07. The number of sulfonamides is 1. The summed E-state index contributed by atoms with van der Waals surface area (Å²) < 4.78 is 27.2. The highest BCUT2D eigenvalue weighted by Crippen LogP contribution is 2.24. The number of halogens is 1. The number of fused-ring (bicyclic) bond motifs is 1. The molecule has 0 aromatic heterocycles. The maximum atomic E-state index is 13.0. The molecule has 0 fully saturated rings. The smallest absolute Gasteiger partial charge is 0.243 e. The van der Waals surface area contributed by atoms with E-state index in [4.69, 9.17) is 11.6 Å². The minimum absolute atomic E-state index is 0.166. The number of nitrogens with zero attached hydrogens (tertiary/aromatic N) is 1. The zero-order valence-corrected chi connectivity index (χ0v) is 17.2. The largest absolute Gasteiger partial charge is 0.325 e. The van der Waals surface area contributed by atoms with Crippen molar-refractivity contribution < 1.29 is 13.2 Å². The summed E-state index contributed by atoms with van der Waals surface area (Å²) in [5.41, 5.74) is 1.30. The zero-order chi connectivity index (χ0) is 20.3. The van der Waals surface area contributed by atoms with Crippen LogP contribution < -0.4 is 5.32 Å². The second kappa shape index (κ2) is 8.31. The Balaban J connectivity index is 1.82. The molecular weight excluding hydrogens is 396 g/mol. The Kier molecular flexibility index (Phi) is 6.03. The molecule has 0 aliphatic heterocycles. The standard InChI is InChI=1S/C21H21ClN2O3S/c1-3-24(14-21(25)23-20-10-6-9-19(22)15(20)2)28(26,27)18-12-11-16-7-4-5-8-17(16)13-18/h4-13H,3,14H2,1-2H3,(H,23,25). The molecule has 7 heteroatoms. The van der Waals surface area contributed by atoms with Gasteiger partial charge in [-0.1, -0.05) is 54.9 Å². The molecule has 28 heavy (non-hydrogen) atoms. The lowest BCUT2D eigenvalue weighted by Crippen LogP contribution is -2.37. The second-order valence-electron chi connectivity index (χ2n) is 6.40. The van der Waals surface area contributed by atoms with E-state index in [2.05, 4.69) is 5.32 Å². The fraction of sp³-hybridized carbons (Fsp3) is 0.190. The summed E-state index contributed by atoms with van der Waals surface area (Å²) in [4.78, 5) is 12.6. The third kappa shape index (κ3) is 4.19. The Morgan fingerprint density at radius 3 is 2.46 bits per heavy atom. The van der Waals surface area contributed by atoms with Crippen LogP contribution in [0, 0.1) is 6.92 Å². The number of carbonyl (C=O) groups is 1. The van der Waals surface area contributed by atoms with Crippen molar-refractivity contribution in [3.05, 3.63) is 71.2 Å². The van der Waals surface area contributed by atoms with Crippen LogP contribution in [0.4, 0.5) is 5.69 Å². The summed E-state index contributed by atoms with van der Waals surface area (Å²) in [6, 6.07) is 17.7. The molecule has 0 spiro atoms. The molecule has 1 amide bonds. The molecule has 0 heterocycles. The van der Waals surface area contributed by atoms with Crippen molar-refractivity contribution in [2.45, 2.75) is 18.7 Å². The highest BCUT2D eigenvalue weighted by molar-refractivity contribution is 7.89. The van der Waals surface area contributed by atoms with E-state index in [0.29, 0.717) is 10.7 Å². The van der Waals surface area contributed by atoms with Crippen LogP contribution in [-0.2, 0) is 14.8 Å². The van der Waals surface area contributed by atoms with E-state index in [1.165, 1.54) is 0 Å². The third-order valence-corrected chi connectivity index (χ3v) is 6.90. The Morgan fingerprint density at radius 2 is 1.75 bits per heavy atom. The molecule has 3 aromatic carbocycles. The number of hydrogen-bond acceptors (Lipinski definition) is 3. The van der Waals surface area contributed by atoms with Gasteiger partial charge < -0.3 is 5.32 Å². The van der Waals surface area contributed by atoms with Crippen molar-refractivity contribution in [1.82, 2.24) is 4.31 Å². The monoisotopic (exact) mass is 416 g/mol. The first-order valence-corrected chi connectivity index (χ1v) is 10.7. The van der Waals surface area contributed by atoms with Crippen LogP contribution in [0.1, 0.15) is 12.5 Å². The predicted molar refractivity (Wildman–Crippen MR) is 113 cm³/mol. The number of rotatable bonds is 6. The maximum Gasteiger partial charge on any atom is 0.243 e. The molecule has 0 atom stereocenters. The average Bonchev–Trinajstić information content (AvgIpc) is 2.69. The van der Waals surface area contributed by atoms with E-state index >= 15 is 0 Å². The molecule has 0 aliphatic carbocycles. The number of likely N-dealkylation sites (N-methyl/N-ethyl adjacent to an activating group) is 1. The van der Waals surface area contributed by atoms with Gasteiger partial charge in [-0.3, -0.25) is 4.79 Å². The first-order valence-electron chi connectivity index (χ1n) is 8.87. The van der Waals surface area contributed by atoms with Crippen molar-refractivity contribution in [3.8, 4) is 0 Å². The van der Waals surface area contributed by atoms with Crippen molar-refractivity contribution >= 4 is 44.0 Å². The van der Waals surface area contributed by atoms with Crippen molar-refractivity contribution in [2.75, 3.05) is 18.4 Å². The van der Waals surface area contributed by atoms with Crippen LogP contribution in [0.15, 0.2) is 65.6 Å². The molecule has 0 radical (unpaired) electrons. The molecule has 0 saturated heterocycles. The summed E-state index contributed by atoms with van der Waals surface area (Å²) in [5.74, 6) is -0.420. The predicted octanol–water partition coefficient (Wildman–Crippen LogP) is 4.45. The van der Waals surface area contributed by atoms with Gasteiger partial charge in [0.25, 0.3) is 0 Å². The maximum absolute atomic E-state index is 13.0. The Labute approximate surface area is 170 Å². The quantitative estimate of drug-likeness (QED) is 0.645. The topological polar surface area (TPSA) is 66.5 Å². The molecular formula is C21H21ClN2O3S. The minimum Gasteiger partial charge on any atom is -0.325 e. The molecule has 0 unspecified atom stereocenters. The molecule has 0 saturated carbocycles. The summed E-state index contributed by atoms with van der Waals surface area (Å²) in [7, 11) is -3.80.